The Hall–Kier alpha value is -2.77. The summed E-state index contributed by atoms with van der Waals surface area (Å²) in [5.74, 6) is -0.667. The van der Waals surface area contributed by atoms with Crippen LogP contribution in [0.4, 0.5) is 11.4 Å². The summed E-state index contributed by atoms with van der Waals surface area (Å²) in [7, 11) is 0. The standard InChI is InChI=1S/C16H17N3O5/c1-10-8-11-9-12(19(23)24)2-3-13(11)18(10)16(22)6-7-17-14(20)4-5-15(17)21/h2-3,9-10H,4-8H2,1H3/t10-/m1/s1. The Labute approximate surface area is 138 Å². The van der Waals surface area contributed by atoms with Gasteiger partial charge in [-0.3, -0.25) is 29.4 Å². The van der Waals surface area contributed by atoms with Crippen LogP contribution >= 0.6 is 0 Å². The molecule has 2 aliphatic rings. The van der Waals surface area contributed by atoms with Gasteiger partial charge in [-0.15, -0.1) is 0 Å². The molecule has 3 rings (SSSR count). The van der Waals surface area contributed by atoms with E-state index < -0.39 is 4.92 Å². The van der Waals surface area contributed by atoms with Crippen molar-refractivity contribution in [1.29, 1.82) is 0 Å². The molecular formula is C16H17N3O5. The molecular weight excluding hydrogens is 314 g/mol. The minimum Gasteiger partial charge on any atom is -0.309 e. The summed E-state index contributed by atoms with van der Waals surface area (Å²) in [6.45, 7) is 1.96. The average Bonchev–Trinajstić information content (AvgIpc) is 3.03. The predicted octanol–water partition coefficient (Wildman–Crippen LogP) is 1.41. The van der Waals surface area contributed by atoms with Gasteiger partial charge < -0.3 is 4.90 Å². The molecule has 3 amide bonds. The van der Waals surface area contributed by atoms with E-state index in [0.717, 1.165) is 10.5 Å². The third-order valence-corrected chi connectivity index (χ3v) is 4.46. The van der Waals surface area contributed by atoms with Crippen LogP contribution in [0, 0.1) is 10.1 Å². The summed E-state index contributed by atoms with van der Waals surface area (Å²) in [4.78, 5) is 48.9. The fourth-order valence-corrected chi connectivity index (χ4v) is 3.31. The first kappa shape index (κ1) is 16.1. The number of rotatable bonds is 4. The third-order valence-electron chi connectivity index (χ3n) is 4.46. The lowest BCUT2D eigenvalue weighted by molar-refractivity contribution is -0.384. The van der Waals surface area contributed by atoms with E-state index in [2.05, 4.69) is 0 Å². The highest BCUT2D eigenvalue weighted by Crippen LogP contribution is 2.35. The maximum absolute atomic E-state index is 12.6. The Kier molecular flexibility index (Phi) is 4.04. The number of benzene rings is 1. The Balaban J connectivity index is 1.73. The average molecular weight is 331 g/mol. The predicted molar refractivity (Wildman–Crippen MR) is 84.3 cm³/mol. The van der Waals surface area contributed by atoms with Gasteiger partial charge in [-0.25, -0.2) is 0 Å². The van der Waals surface area contributed by atoms with Gasteiger partial charge in [-0.2, -0.15) is 0 Å². The van der Waals surface area contributed by atoms with E-state index in [1.165, 1.54) is 12.1 Å². The number of imide groups is 1. The van der Waals surface area contributed by atoms with Gasteiger partial charge in [0, 0.05) is 49.7 Å². The molecule has 0 N–H and O–H groups in total. The molecule has 0 radical (unpaired) electrons. The SMILES string of the molecule is C[C@@H]1Cc2cc([N+](=O)[O-])ccc2N1C(=O)CCN1C(=O)CCC1=O. The molecule has 1 saturated heterocycles. The van der Waals surface area contributed by atoms with Crippen molar-refractivity contribution < 1.29 is 19.3 Å². The highest BCUT2D eigenvalue weighted by molar-refractivity contribution is 6.03. The van der Waals surface area contributed by atoms with Gasteiger partial charge in [-0.05, 0) is 25.0 Å². The lowest BCUT2D eigenvalue weighted by atomic mass is 10.1. The van der Waals surface area contributed by atoms with Gasteiger partial charge >= 0.3 is 0 Å². The first-order valence-electron chi connectivity index (χ1n) is 7.81. The minimum absolute atomic E-state index is 0.00325. The number of likely N-dealkylation sites (tertiary alicyclic amines) is 1. The highest BCUT2D eigenvalue weighted by Gasteiger charge is 2.34. The number of nitrogens with zero attached hydrogens (tertiary/aromatic N) is 3. The zero-order chi connectivity index (χ0) is 17.4. The zero-order valence-corrected chi connectivity index (χ0v) is 13.2. The summed E-state index contributed by atoms with van der Waals surface area (Å²) in [6, 6.07) is 4.35. The van der Waals surface area contributed by atoms with Crippen molar-refractivity contribution in [2.24, 2.45) is 0 Å². The Bertz CT molecular complexity index is 729. The Morgan fingerprint density at radius 3 is 2.58 bits per heavy atom. The second kappa shape index (κ2) is 6.03. The summed E-state index contributed by atoms with van der Waals surface area (Å²) in [5.41, 5.74) is 1.43. The summed E-state index contributed by atoms with van der Waals surface area (Å²) >= 11 is 0. The fraction of sp³-hybridized carbons (Fsp3) is 0.438. The van der Waals surface area contributed by atoms with Gasteiger partial charge in [0.15, 0.2) is 0 Å². The quantitative estimate of drug-likeness (QED) is 0.472. The van der Waals surface area contributed by atoms with Gasteiger partial charge in [0.05, 0.1) is 4.92 Å². The molecule has 1 atom stereocenters. The van der Waals surface area contributed by atoms with Gasteiger partial charge in [0.2, 0.25) is 17.7 Å². The Morgan fingerprint density at radius 1 is 1.29 bits per heavy atom. The zero-order valence-electron chi connectivity index (χ0n) is 13.2. The van der Waals surface area contributed by atoms with E-state index in [0.29, 0.717) is 12.1 Å². The largest absolute Gasteiger partial charge is 0.309 e. The van der Waals surface area contributed by atoms with E-state index in [1.807, 2.05) is 6.92 Å². The molecule has 126 valence electrons. The molecule has 0 spiro atoms. The van der Waals surface area contributed by atoms with Crippen molar-refractivity contribution in [3.63, 3.8) is 0 Å². The number of carbonyl (C=O) groups is 3. The topological polar surface area (TPSA) is 101 Å². The number of hydrogen-bond donors (Lipinski definition) is 0. The van der Waals surface area contributed by atoms with Crippen molar-refractivity contribution in [3.05, 3.63) is 33.9 Å². The second-order valence-corrected chi connectivity index (χ2v) is 6.08. The van der Waals surface area contributed by atoms with E-state index in [-0.39, 0.29) is 55.3 Å². The number of amides is 3. The highest BCUT2D eigenvalue weighted by atomic mass is 16.6. The van der Waals surface area contributed by atoms with Crippen molar-refractivity contribution in [2.45, 2.75) is 38.6 Å². The molecule has 2 aliphatic heterocycles. The van der Waals surface area contributed by atoms with Crippen LogP contribution in [0.25, 0.3) is 0 Å². The molecule has 8 heteroatoms. The van der Waals surface area contributed by atoms with Crippen LogP contribution in [0.3, 0.4) is 0 Å². The molecule has 24 heavy (non-hydrogen) atoms. The van der Waals surface area contributed by atoms with Crippen molar-refractivity contribution >= 4 is 29.1 Å². The number of nitro benzene ring substituents is 1. The maximum Gasteiger partial charge on any atom is 0.269 e. The van der Waals surface area contributed by atoms with Gasteiger partial charge in [-0.1, -0.05) is 0 Å². The number of hydrogen-bond acceptors (Lipinski definition) is 5. The normalized spacial score (nSPS) is 19.8. The number of nitro groups is 1. The molecule has 2 heterocycles. The lowest BCUT2D eigenvalue weighted by Gasteiger charge is -2.24. The maximum atomic E-state index is 12.6. The molecule has 1 aromatic carbocycles. The Morgan fingerprint density at radius 2 is 1.96 bits per heavy atom. The van der Waals surface area contributed by atoms with Crippen LogP contribution in [0.15, 0.2) is 18.2 Å². The molecule has 0 bridgehead atoms. The smallest absolute Gasteiger partial charge is 0.269 e. The monoisotopic (exact) mass is 331 g/mol. The molecule has 0 aliphatic carbocycles. The van der Waals surface area contributed by atoms with E-state index in [9.17, 15) is 24.5 Å². The van der Waals surface area contributed by atoms with Crippen LogP contribution in [0.2, 0.25) is 0 Å². The minimum atomic E-state index is -0.458. The number of anilines is 1. The molecule has 8 nitrogen and oxygen atoms in total. The molecule has 0 aromatic heterocycles. The van der Waals surface area contributed by atoms with Crippen LogP contribution in [0.5, 0.6) is 0 Å². The third kappa shape index (κ3) is 2.75. The van der Waals surface area contributed by atoms with E-state index in [1.54, 1.807) is 11.0 Å². The van der Waals surface area contributed by atoms with E-state index >= 15 is 0 Å². The molecule has 1 aromatic rings. The molecule has 0 unspecified atom stereocenters. The molecule has 0 saturated carbocycles. The number of carbonyl (C=O) groups excluding carboxylic acids is 3. The summed E-state index contributed by atoms with van der Waals surface area (Å²) in [5, 5.41) is 10.9. The van der Waals surface area contributed by atoms with Crippen molar-refractivity contribution in [2.75, 3.05) is 11.4 Å². The van der Waals surface area contributed by atoms with E-state index in [4.69, 9.17) is 0 Å². The van der Waals surface area contributed by atoms with Crippen LogP contribution in [0.1, 0.15) is 31.7 Å². The summed E-state index contributed by atoms with van der Waals surface area (Å²) < 4.78 is 0. The fourth-order valence-electron chi connectivity index (χ4n) is 3.31. The lowest BCUT2D eigenvalue weighted by Crippen LogP contribution is -2.39. The van der Waals surface area contributed by atoms with Gasteiger partial charge in [0.25, 0.3) is 5.69 Å². The van der Waals surface area contributed by atoms with Crippen LogP contribution in [-0.2, 0) is 20.8 Å². The van der Waals surface area contributed by atoms with Gasteiger partial charge in [0.1, 0.15) is 0 Å². The number of fused-ring (bicyclic) bond motifs is 1. The van der Waals surface area contributed by atoms with Crippen LogP contribution < -0.4 is 4.90 Å². The first-order valence-corrected chi connectivity index (χ1v) is 7.81. The first-order chi connectivity index (χ1) is 11.4. The van der Waals surface area contributed by atoms with Crippen LogP contribution in [-0.4, -0.2) is 40.1 Å². The number of non-ortho nitro benzene ring substituents is 1. The summed E-state index contributed by atoms with van der Waals surface area (Å²) in [6.07, 6.45) is 1.02. The van der Waals surface area contributed by atoms with Crippen molar-refractivity contribution in [3.8, 4) is 0 Å². The second-order valence-electron chi connectivity index (χ2n) is 6.08. The van der Waals surface area contributed by atoms with Crippen molar-refractivity contribution in [1.82, 2.24) is 4.90 Å². The molecule has 1 fully saturated rings.